The van der Waals surface area contributed by atoms with E-state index in [1.807, 2.05) is 38.3 Å². The summed E-state index contributed by atoms with van der Waals surface area (Å²) in [5.41, 5.74) is 0. The third-order valence-corrected chi connectivity index (χ3v) is 0.667. The van der Waals surface area contributed by atoms with Gasteiger partial charge in [-0.3, -0.25) is 0 Å². The van der Waals surface area contributed by atoms with Crippen molar-refractivity contribution in [2.24, 2.45) is 0 Å². The Morgan fingerprint density at radius 1 is 0.667 bits per heavy atom. The molecule has 0 spiro atoms. The average Bonchev–Trinajstić information content (AvgIpc) is 1.72. The van der Waals surface area contributed by atoms with Gasteiger partial charge in [0.25, 0.3) is 0 Å². The van der Waals surface area contributed by atoms with Crippen LogP contribution in [0.5, 0.6) is 0 Å². The molecule has 0 aliphatic heterocycles. The van der Waals surface area contributed by atoms with Gasteiger partial charge >= 0.3 is 38.3 Å². The Hall–Kier alpha value is -0.195. The maximum atomic E-state index is 2.00. The fourth-order valence-electron chi connectivity index (χ4n) is 0.385. The molecule has 3 heteroatoms. The summed E-state index contributed by atoms with van der Waals surface area (Å²) in [6.45, 7) is 6.00. The molecule has 0 atom stereocenters. The SMILES string of the molecule is b1cbcbc1. The van der Waals surface area contributed by atoms with E-state index in [1.165, 1.54) is 0 Å². The van der Waals surface area contributed by atoms with Crippen molar-refractivity contribution in [2.75, 3.05) is 0 Å². The van der Waals surface area contributed by atoms with E-state index < -0.39 is 0 Å². The zero-order valence-electron chi connectivity index (χ0n) is 3.46. The Morgan fingerprint density at radius 3 is 1.17 bits per heavy atom. The molecule has 0 bridgehead atoms. The van der Waals surface area contributed by atoms with Gasteiger partial charge in [0, 0.05) is 0 Å². The molecule has 0 nitrogen and oxygen atoms in total. The van der Waals surface area contributed by atoms with Crippen LogP contribution in [0.1, 0.15) is 0 Å². The van der Waals surface area contributed by atoms with Crippen molar-refractivity contribution in [1.29, 1.82) is 0 Å². The van der Waals surface area contributed by atoms with E-state index in [1.54, 1.807) is 0 Å². The molecule has 1 heterocycles. The Balaban J connectivity index is 3.00. The first-order valence-corrected chi connectivity index (χ1v) is 2.00. The van der Waals surface area contributed by atoms with Crippen LogP contribution < -0.4 is 0 Å². The topological polar surface area (TPSA) is 0 Å². The van der Waals surface area contributed by atoms with Crippen molar-refractivity contribution in [3.63, 3.8) is 0 Å². The second kappa shape index (κ2) is 2.06. The van der Waals surface area contributed by atoms with E-state index in [9.17, 15) is 0 Å². The van der Waals surface area contributed by atoms with E-state index in [4.69, 9.17) is 0 Å². The Morgan fingerprint density at radius 2 is 1.00 bits per heavy atom. The maximum absolute atomic E-state index is 2.00. The molecule has 1 rings (SSSR count). The van der Waals surface area contributed by atoms with Crippen LogP contribution in [0.25, 0.3) is 0 Å². The van der Waals surface area contributed by atoms with Gasteiger partial charge < -0.3 is 0 Å². The third-order valence-electron chi connectivity index (χ3n) is 0.667. The molecule has 0 saturated carbocycles. The zero-order chi connectivity index (χ0) is 4.24. The molecule has 24 valence electrons. The van der Waals surface area contributed by atoms with Crippen LogP contribution in [0.2, 0.25) is 0 Å². The fourth-order valence-corrected chi connectivity index (χ4v) is 0.385. The van der Waals surface area contributed by atoms with Crippen LogP contribution in [0.15, 0.2) is 17.6 Å². The predicted molar refractivity (Wildman–Crippen MR) is 30.5 cm³/mol. The van der Waals surface area contributed by atoms with Crippen molar-refractivity contribution in [3.05, 3.63) is 17.6 Å². The van der Waals surface area contributed by atoms with Crippen molar-refractivity contribution >= 4 is 20.7 Å². The first-order valence-electron chi connectivity index (χ1n) is 2.00. The second-order valence-corrected chi connectivity index (χ2v) is 1.15. The van der Waals surface area contributed by atoms with Crippen molar-refractivity contribution in [1.82, 2.24) is 0 Å². The molecule has 0 aromatic carbocycles. The molecule has 0 radical (unpaired) electrons. The van der Waals surface area contributed by atoms with Gasteiger partial charge in [-0.2, -0.15) is 0 Å². The summed E-state index contributed by atoms with van der Waals surface area (Å²) >= 11 is 0. The fraction of sp³-hybridized carbons (Fsp3) is 0. The molecular weight excluding hydrogens is 68.5 g/mol. The first-order chi connectivity index (χ1) is 3.00. The second-order valence-electron chi connectivity index (χ2n) is 1.15. The molecule has 0 fully saturated rings. The molecule has 1 aromatic heterocycles. The van der Waals surface area contributed by atoms with Crippen LogP contribution in [-0.2, 0) is 0 Å². The summed E-state index contributed by atoms with van der Waals surface area (Å²) in [4.78, 5) is 0. The van der Waals surface area contributed by atoms with Crippen LogP contribution in [0.4, 0.5) is 0 Å². The van der Waals surface area contributed by atoms with Gasteiger partial charge in [-0.1, -0.05) is 0 Å². The van der Waals surface area contributed by atoms with Crippen LogP contribution in [0, 0.1) is 0 Å². The molecule has 0 amide bonds. The molecular formula is C3H3B3. The Labute approximate surface area is 39.2 Å². The standard InChI is InChI=1S/C3H3B3/c1-4-2-6-3-5-1/h1-3H. The van der Waals surface area contributed by atoms with Crippen molar-refractivity contribution in [2.45, 2.75) is 0 Å². The summed E-state index contributed by atoms with van der Waals surface area (Å²) in [5.74, 6) is 6.00. The molecule has 0 unspecified atom stereocenters. The normalized spacial score (nSPS) is 6.00. The number of hydrogen-bond donors (Lipinski definition) is 0. The van der Waals surface area contributed by atoms with Gasteiger partial charge in [0.2, 0.25) is 0 Å². The third kappa shape index (κ3) is 0.888. The van der Waals surface area contributed by atoms with Gasteiger partial charge in [0.1, 0.15) is 0 Å². The zero-order valence-corrected chi connectivity index (χ0v) is 3.46. The van der Waals surface area contributed by atoms with Gasteiger partial charge in [-0.05, 0) is 0 Å². The quantitative estimate of drug-likeness (QED) is 0.394. The summed E-state index contributed by atoms with van der Waals surface area (Å²) in [6.07, 6.45) is 0. The molecule has 6 heavy (non-hydrogen) atoms. The summed E-state index contributed by atoms with van der Waals surface area (Å²) in [7, 11) is 0. The van der Waals surface area contributed by atoms with Crippen molar-refractivity contribution in [3.8, 4) is 0 Å². The average molecular weight is 71.5 g/mol. The molecule has 0 aliphatic rings. The van der Waals surface area contributed by atoms with Crippen molar-refractivity contribution < 1.29 is 0 Å². The van der Waals surface area contributed by atoms with Crippen LogP contribution in [0.3, 0.4) is 0 Å². The Bertz CT molecular complexity index is 78.0. The van der Waals surface area contributed by atoms with Gasteiger partial charge in [-0.25, -0.2) is 0 Å². The minimum atomic E-state index is 2.00. The summed E-state index contributed by atoms with van der Waals surface area (Å²) < 4.78 is 0. The summed E-state index contributed by atoms with van der Waals surface area (Å²) in [6, 6.07) is 0. The molecule has 1 aromatic rings. The van der Waals surface area contributed by atoms with Gasteiger partial charge in [0.15, 0.2) is 0 Å². The van der Waals surface area contributed by atoms with E-state index in [0.29, 0.717) is 0 Å². The minimum absolute atomic E-state index is 2.00. The predicted octanol–water partition coefficient (Wildman–Crippen LogP) is -0.299. The Kier molecular flexibility index (Phi) is 1.37. The molecule has 0 N–H and O–H groups in total. The summed E-state index contributed by atoms with van der Waals surface area (Å²) in [5, 5.41) is 0. The van der Waals surface area contributed by atoms with E-state index in [2.05, 4.69) is 0 Å². The number of rotatable bonds is 0. The van der Waals surface area contributed by atoms with Gasteiger partial charge in [-0.15, -0.1) is 0 Å². The molecule has 0 aliphatic carbocycles. The van der Waals surface area contributed by atoms with Crippen LogP contribution >= 0.6 is 0 Å². The number of hydrogen-bond acceptors (Lipinski definition) is 0. The van der Waals surface area contributed by atoms with Crippen LogP contribution in [-0.4, -0.2) is 20.7 Å². The molecule has 0 saturated heterocycles. The van der Waals surface area contributed by atoms with E-state index in [0.717, 1.165) is 0 Å². The van der Waals surface area contributed by atoms with E-state index in [-0.39, 0.29) is 0 Å². The monoisotopic (exact) mass is 72.1 g/mol. The first kappa shape index (κ1) is 3.98. The van der Waals surface area contributed by atoms with Gasteiger partial charge in [0.05, 0.1) is 0 Å². The van der Waals surface area contributed by atoms with E-state index >= 15 is 0 Å².